The van der Waals surface area contributed by atoms with Gasteiger partial charge in [-0.2, -0.15) is 5.26 Å². The number of aromatic nitrogens is 5. The molecule has 0 saturated carbocycles. The van der Waals surface area contributed by atoms with Crippen molar-refractivity contribution in [2.75, 3.05) is 13.2 Å². The standard InChI is InChI=1S/C26H22BrClN6O4S2/c1-2-35-22-25(39)37-19-12-36-24(14-6-4-3-5-7-14)38-21(19)26(22,16-8-15(27)10-30-17(16)9-29)34-11-18(32-33-34)23-31-20(28)13-40-23/h3-8,10-11,13,19,21-22,24-25,39H,2,12H2,1H3/t19-,21+,22+,24?,25-,26?/m1/s1. The van der Waals surface area contributed by atoms with Gasteiger partial charge >= 0.3 is 0 Å². The number of ether oxygens (including phenoxy) is 4. The molecule has 0 amide bonds. The van der Waals surface area contributed by atoms with Crippen LogP contribution in [0.2, 0.25) is 5.15 Å². The summed E-state index contributed by atoms with van der Waals surface area (Å²) in [4.78, 5) is 8.80. The zero-order valence-corrected chi connectivity index (χ0v) is 25.0. The maximum Gasteiger partial charge on any atom is 0.184 e. The third-order valence-corrected chi connectivity index (χ3v) is 8.85. The molecule has 2 aliphatic heterocycles. The molecule has 2 fully saturated rings. The molecule has 10 nitrogen and oxygen atoms in total. The van der Waals surface area contributed by atoms with Crippen LogP contribution in [0.4, 0.5) is 0 Å². The van der Waals surface area contributed by atoms with Crippen molar-refractivity contribution in [1.29, 1.82) is 5.26 Å². The van der Waals surface area contributed by atoms with Crippen LogP contribution in [0.15, 0.2) is 58.6 Å². The van der Waals surface area contributed by atoms with Crippen molar-refractivity contribution in [2.45, 2.75) is 42.5 Å². The van der Waals surface area contributed by atoms with E-state index in [0.29, 0.717) is 32.5 Å². The fraction of sp³-hybridized carbons (Fsp3) is 0.346. The fourth-order valence-corrected chi connectivity index (χ4v) is 6.97. The van der Waals surface area contributed by atoms with Gasteiger partial charge in [-0.15, -0.1) is 29.1 Å². The molecule has 3 aromatic heterocycles. The lowest BCUT2D eigenvalue weighted by atomic mass is 9.74. The molecule has 2 aliphatic rings. The summed E-state index contributed by atoms with van der Waals surface area (Å²) in [5, 5.41) is 21.9. The van der Waals surface area contributed by atoms with Crippen LogP contribution in [0, 0.1) is 11.3 Å². The number of thiazole rings is 1. The van der Waals surface area contributed by atoms with E-state index in [4.69, 9.17) is 43.2 Å². The summed E-state index contributed by atoms with van der Waals surface area (Å²) in [7, 11) is 0. The Labute approximate surface area is 252 Å². The van der Waals surface area contributed by atoms with Gasteiger partial charge in [0.25, 0.3) is 0 Å². The normalized spacial score (nSPS) is 28.1. The zero-order valence-electron chi connectivity index (χ0n) is 20.9. The summed E-state index contributed by atoms with van der Waals surface area (Å²) in [5.41, 5.74) is -0.0266. The molecule has 2 unspecified atom stereocenters. The van der Waals surface area contributed by atoms with Gasteiger partial charge in [0.1, 0.15) is 51.4 Å². The molecule has 0 aliphatic carbocycles. The highest BCUT2D eigenvalue weighted by molar-refractivity contribution is 9.10. The number of fused-ring (bicyclic) bond motifs is 1. The molecule has 2 saturated heterocycles. The summed E-state index contributed by atoms with van der Waals surface area (Å²) < 4.78 is 27.9. The second-order valence-electron chi connectivity index (χ2n) is 9.08. The molecule has 206 valence electrons. The second kappa shape index (κ2) is 11.5. The number of pyridine rings is 1. The molecule has 5 heterocycles. The van der Waals surface area contributed by atoms with Crippen molar-refractivity contribution in [1.82, 2.24) is 25.0 Å². The Morgan fingerprint density at radius 2 is 2.15 bits per heavy atom. The Morgan fingerprint density at radius 1 is 1.32 bits per heavy atom. The van der Waals surface area contributed by atoms with E-state index in [2.05, 4.69) is 42.3 Å². The van der Waals surface area contributed by atoms with Gasteiger partial charge in [0.2, 0.25) is 0 Å². The first-order chi connectivity index (χ1) is 19.4. The van der Waals surface area contributed by atoms with Crippen LogP contribution in [-0.4, -0.2) is 61.9 Å². The Balaban J connectivity index is 1.61. The lowest BCUT2D eigenvalue weighted by Gasteiger charge is -2.55. The van der Waals surface area contributed by atoms with Gasteiger partial charge in [0, 0.05) is 33.8 Å². The smallest absolute Gasteiger partial charge is 0.184 e. The first-order valence-electron chi connectivity index (χ1n) is 12.3. The predicted octanol–water partition coefficient (Wildman–Crippen LogP) is 5.00. The Morgan fingerprint density at radius 3 is 2.88 bits per heavy atom. The number of hydrogen-bond acceptors (Lipinski definition) is 11. The van der Waals surface area contributed by atoms with E-state index in [0.717, 1.165) is 5.56 Å². The van der Waals surface area contributed by atoms with Gasteiger partial charge in [-0.3, -0.25) is 0 Å². The molecule has 0 N–H and O–H groups in total. The van der Waals surface area contributed by atoms with Crippen molar-refractivity contribution < 1.29 is 18.9 Å². The van der Waals surface area contributed by atoms with E-state index >= 15 is 0 Å². The zero-order chi connectivity index (χ0) is 27.9. The van der Waals surface area contributed by atoms with Gasteiger partial charge < -0.3 is 18.9 Å². The van der Waals surface area contributed by atoms with Crippen LogP contribution in [-0.2, 0) is 24.5 Å². The molecular weight excluding hydrogens is 640 g/mol. The average molecular weight is 662 g/mol. The number of thiol groups is 1. The first-order valence-corrected chi connectivity index (χ1v) is 14.9. The summed E-state index contributed by atoms with van der Waals surface area (Å²) in [6, 6.07) is 13.7. The number of nitrogens with zero attached hydrogens (tertiary/aromatic N) is 6. The third kappa shape index (κ3) is 4.76. The van der Waals surface area contributed by atoms with E-state index in [1.165, 1.54) is 11.3 Å². The predicted molar refractivity (Wildman–Crippen MR) is 153 cm³/mol. The van der Waals surface area contributed by atoms with E-state index in [9.17, 15) is 5.26 Å². The topological polar surface area (TPSA) is 117 Å². The lowest BCUT2D eigenvalue weighted by Crippen LogP contribution is -2.70. The number of rotatable bonds is 6. The summed E-state index contributed by atoms with van der Waals surface area (Å²) in [6.45, 7) is 2.41. The minimum Gasteiger partial charge on any atom is -0.372 e. The lowest BCUT2D eigenvalue weighted by molar-refractivity contribution is -0.325. The quantitative estimate of drug-likeness (QED) is 0.285. The molecule has 4 aromatic rings. The second-order valence-corrected chi connectivity index (χ2v) is 11.8. The van der Waals surface area contributed by atoms with Gasteiger partial charge in [0.15, 0.2) is 11.8 Å². The highest BCUT2D eigenvalue weighted by Gasteiger charge is 2.63. The monoisotopic (exact) mass is 660 g/mol. The fourth-order valence-electron chi connectivity index (χ4n) is 5.27. The van der Waals surface area contributed by atoms with Gasteiger partial charge in [-0.05, 0) is 28.9 Å². The van der Waals surface area contributed by atoms with Gasteiger partial charge in [-0.25, -0.2) is 14.6 Å². The van der Waals surface area contributed by atoms with Crippen LogP contribution in [0.1, 0.15) is 30.0 Å². The van der Waals surface area contributed by atoms with Crippen molar-refractivity contribution >= 4 is 51.5 Å². The molecule has 0 bridgehead atoms. The van der Waals surface area contributed by atoms with Gasteiger partial charge in [-0.1, -0.05) is 47.1 Å². The van der Waals surface area contributed by atoms with Crippen LogP contribution in [0.25, 0.3) is 10.7 Å². The van der Waals surface area contributed by atoms with Crippen molar-refractivity contribution in [3.63, 3.8) is 0 Å². The van der Waals surface area contributed by atoms with Crippen LogP contribution in [0.5, 0.6) is 0 Å². The van der Waals surface area contributed by atoms with Gasteiger partial charge in [0.05, 0.1) is 12.8 Å². The maximum absolute atomic E-state index is 10.2. The molecule has 6 atom stereocenters. The molecule has 40 heavy (non-hydrogen) atoms. The van der Waals surface area contributed by atoms with Crippen LogP contribution >= 0.6 is 51.5 Å². The van der Waals surface area contributed by atoms with Crippen molar-refractivity contribution in [3.05, 3.63) is 80.6 Å². The third-order valence-electron chi connectivity index (χ3n) is 6.84. The Kier molecular flexibility index (Phi) is 7.95. The summed E-state index contributed by atoms with van der Waals surface area (Å²) >= 11 is 15.8. The summed E-state index contributed by atoms with van der Waals surface area (Å²) in [5.74, 6) is 0. The first kappa shape index (κ1) is 27.7. The van der Waals surface area contributed by atoms with E-state index in [-0.39, 0.29) is 12.3 Å². The molecule has 14 heteroatoms. The van der Waals surface area contributed by atoms with E-state index < -0.39 is 35.6 Å². The van der Waals surface area contributed by atoms with Crippen LogP contribution < -0.4 is 0 Å². The SMILES string of the molecule is CCO[C@H]1[C@@H](S)O[C@@H]2COC(c3ccccc3)O[C@@H]2C1(c1cc(Br)cnc1C#N)n1cc(-c2nc(Cl)cs2)nn1. The average Bonchev–Trinajstić information content (AvgIpc) is 3.64. The minimum absolute atomic E-state index is 0.176. The van der Waals surface area contributed by atoms with E-state index in [1.54, 1.807) is 22.5 Å². The highest BCUT2D eigenvalue weighted by Crippen LogP contribution is 2.50. The molecule has 0 spiro atoms. The Hall–Kier alpha value is -2.41. The van der Waals surface area contributed by atoms with E-state index in [1.807, 2.05) is 43.3 Å². The largest absolute Gasteiger partial charge is 0.372 e. The highest BCUT2D eigenvalue weighted by atomic mass is 79.9. The summed E-state index contributed by atoms with van der Waals surface area (Å²) in [6.07, 6.45) is 0.477. The number of nitriles is 1. The maximum atomic E-state index is 10.2. The van der Waals surface area contributed by atoms with Crippen LogP contribution in [0.3, 0.4) is 0 Å². The molecular formula is C26H22BrClN6O4S2. The number of benzene rings is 1. The molecule has 1 aromatic carbocycles. The molecule has 6 rings (SSSR count). The van der Waals surface area contributed by atoms with Crippen molar-refractivity contribution in [2.24, 2.45) is 0 Å². The molecule has 0 radical (unpaired) electrons. The Bertz CT molecular complexity index is 1550. The number of halogens is 2. The minimum atomic E-state index is -1.31. The number of hydrogen-bond donors (Lipinski definition) is 1. The van der Waals surface area contributed by atoms with Crippen molar-refractivity contribution in [3.8, 4) is 16.8 Å².